The quantitative estimate of drug-likeness (QED) is 0.722. The lowest BCUT2D eigenvalue weighted by Crippen LogP contribution is -2.30. The van der Waals surface area contributed by atoms with E-state index in [-0.39, 0.29) is 18.1 Å². The van der Waals surface area contributed by atoms with E-state index < -0.39 is 12.2 Å². The fourth-order valence-electron chi connectivity index (χ4n) is 2.47. The first-order valence-electron chi connectivity index (χ1n) is 5.58. The number of thioether (sulfide) groups is 1. The van der Waals surface area contributed by atoms with Gasteiger partial charge in [0.2, 0.25) is 0 Å². The molecule has 0 amide bonds. The zero-order valence-electron chi connectivity index (χ0n) is 9.17. The minimum atomic E-state index is -0.691. The van der Waals surface area contributed by atoms with Crippen LogP contribution in [0.2, 0.25) is 0 Å². The normalized spacial score (nSPS) is 33.9. The molecule has 4 rings (SSSR count). The Morgan fingerprint density at radius 3 is 3.22 bits per heavy atom. The molecule has 2 aromatic rings. The minimum absolute atomic E-state index is 0.135. The number of hydrogen-bond donors (Lipinski definition) is 2. The number of rotatable bonds is 1. The maximum absolute atomic E-state index is 10.0. The molecule has 0 saturated carbocycles. The van der Waals surface area contributed by atoms with Gasteiger partial charge in [0.05, 0.1) is 24.2 Å². The van der Waals surface area contributed by atoms with E-state index >= 15 is 0 Å². The van der Waals surface area contributed by atoms with Crippen molar-refractivity contribution < 1.29 is 14.9 Å². The van der Waals surface area contributed by atoms with E-state index in [4.69, 9.17) is 9.84 Å². The molecule has 94 valence electrons. The maximum atomic E-state index is 10.0. The third kappa shape index (κ3) is 1.23. The first kappa shape index (κ1) is 10.7. The maximum Gasteiger partial charge on any atom is 0.173 e. The van der Waals surface area contributed by atoms with Crippen LogP contribution in [0.5, 0.6) is 0 Å². The van der Waals surface area contributed by atoms with Gasteiger partial charge in [-0.25, -0.2) is 15.0 Å². The number of ether oxygens (including phenoxy) is 1. The van der Waals surface area contributed by atoms with Crippen LogP contribution < -0.4 is 0 Å². The summed E-state index contributed by atoms with van der Waals surface area (Å²) < 4.78 is 7.55. The summed E-state index contributed by atoms with van der Waals surface area (Å²) in [5.74, 6) is 0. The van der Waals surface area contributed by atoms with Crippen LogP contribution in [0, 0.1) is 0 Å². The van der Waals surface area contributed by atoms with Crippen LogP contribution in [0.15, 0.2) is 17.7 Å². The third-order valence-electron chi connectivity index (χ3n) is 3.31. The number of aliphatic hydroxyl groups is 2. The molecule has 18 heavy (non-hydrogen) atoms. The molecule has 2 aromatic heterocycles. The molecule has 2 N–H and O–H groups in total. The van der Waals surface area contributed by atoms with Gasteiger partial charge >= 0.3 is 0 Å². The van der Waals surface area contributed by atoms with Crippen LogP contribution in [0.25, 0.3) is 11.2 Å². The van der Waals surface area contributed by atoms with Gasteiger partial charge in [-0.15, -0.1) is 0 Å². The highest BCUT2D eigenvalue weighted by molar-refractivity contribution is 8.00. The summed E-state index contributed by atoms with van der Waals surface area (Å²) in [4.78, 5) is 12.5. The van der Waals surface area contributed by atoms with Crippen LogP contribution in [0.3, 0.4) is 0 Å². The Hall–Kier alpha value is -1.22. The summed E-state index contributed by atoms with van der Waals surface area (Å²) in [5.41, 5.74) is 1.41. The van der Waals surface area contributed by atoms with Gasteiger partial charge in [-0.2, -0.15) is 0 Å². The highest BCUT2D eigenvalue weighted by Crippen LogP contribution is 2.48. The van der Waals surface area contributed by atoms with Gasteiger partial charge in [0.25, 0.3) is 0 Å². The lowest BCUT2D eigenvalue weighted by molar-refractivity contribution is -0.0448. The largest absolute Gasteiger partial charge is 0.394 e. The molecule has 0 spiro atoms. The summed E-state index contributed by atoms with van der Waals surface area (Å²) >= 11 is 1.46. The molecule has 4 heterocycles. The van der Waals surface area contributed by atoms with Crippen molar-refractivity contribution in [2.24, 2.45) is 0 Å². The van der Waals surface area contributed by atoms with Gasteiger partial charge in [-0.05, 0) is 0 Å². The van der Waals surface area contributed by atoms with Gasteiger partial charge in [0.15, 0.2) is 17.0 Å². The van der Waals surface area contributed by atoms with E-state index in [1.165, 1.54) is 18.1 Å². The van der Waals surface area contributed by atoms with Gasteiger partial charge in [-0.1, -0.05) is 11.8 Å². The van der Waals surface area contributed by atoms with Crippen molar-refractivity contribution in [1.82, 2.24) is 19.5 Å². The molecule has 0 radical (unpaired) electrons. The van der Waals surface area contributed by atoms with Gasteiger partial charge in [0.1, 0.15) is 17.9 Å². The van der Waals surface area contributed by atoms with E-state index in [9.17, 15) is 5.11 Å². The zero-order chi connectivity index (χ0) is 12.3. The molecule has 8 heteroatoms. The molecular formula is C10H10N4O3S. The van der Waals surface area contributed by atoms with Gasteiger partial charge in [-0.3, -0.25) is 4.57 Å². The molecule has 0 aromatic carbocycles. The summed E-state index contributed by atoms with van der Waals surface area (Å²) in [7, 11) is 0. The third-order valence-corrected chi connectivity index (χ3v) is 4.59. The Kier molecular flexibility index (Phi) is 2.16. The lowest BCUT2D eigenvalue weighted by atomic mass is 10.2. The lowest BCUT2D eigenvalue weighted by Gasteiger charge is -2.12. The predicted molar refractivity (Wildman–Crippen MR) is 62.0 cm³/mol. The Morgan fingerprint density at radius 1 is 1.50 bits per heavy atom. The second-order valence-electron chi connectivity index (χ2n) is 4.32. The molecule has 4 atom stereocenters. The van der Waals surface area contributed by atoms with Crippen LogP contribution in [0.1, 0.15) is 6.23 Å². The number of fused-ring (bicyclic) bond motifs is 5. The first-order valence-corrected chi connectivity index (χ1v) is 6.46. The van der Waals surface area contributed by atoms with Gasteiger partial charge < -0.3 is 14.9 Å². The molecule has 2 aliphatic rings. The molecule has 0 bridgehead atoms. The Bertz CT molecular complexity index is 618. The Balaban J connectivity index is 1.84. The van der Waals surface area contributed by atoms with Crippen molar-refractivity contribution in [3.63, 3.8) is 0 Å². The van der Waals surface area contributed by atoms with Crippen molar-refractivity contribution in [2.75, 3.05) is 6.61 Å². The predicted octanol–water partition coefficient (Wildman–Crippen LogP) is -0.449. The average Bonchev–Trinajstić information content (AvgIpc) is 2.99. The molecule has 2 aliphatic heterocycles. The fraction of sp³-hybridized carbons (Fsp3) is 0.500. The second kappa shape index (κ2) is 3.64. The number of aromatic nitrogens is 4. The van der Waals surface area contributed by atoms with E-state index in [1.54, 1.807) is 6.20 Å². The van der Waals surface area contributed by atoms with Crippen molar-refractivity contribution in [3.05, 3.63) is 12.5 Å². The minimum Gasteiger partial charge on any atom is -0.394 e. The van der Waals surface area contributed by atoms with Crippen LogP contribution in [-0.2, 0) is 4.74 Å². The monoisotopic (exact) mass is 266 g/mol. The average molecular weight is 266 g/mol. The summed E-state index contributed by atoms with van der Waals surface area (Å²) in [6.45, 7) is -0.189. The first-order chi connectivity index (χ1) is 8.79. The molecule has 0 unspecified atom stereocenters. The standard InChI is InChI=1S/C10H10N4O3S/c15-2-5-6(16)7-9(17-5)14-8-4(1-11-3-12-8)13-10(14)18-7/h1,3,5-7,9,15-16H,2H2/t5-,6-,7+,9-/m1/s1. The number of aliphatic hydroxyl groups excluding tert-OH is 2. The zero-order valence-corrected chi connectivity index (χ0v) is 9.99. The van der Waals surface area contributed by atoms with Gasteiger partial charge in [0, 0.05) is 0 Å². The summed E-state index contributed by atoms with van der Waals surface area (Å²) in [6, 6.07) is 0. The molecule has 1 saturated heterocycles. The molecular weight excluding hydrogens is 256 g/mol. The van der Waals surface area contributed by atoms with Crippen LogP contribution in [0.4, 0.5) is 0 Å². The van der Waals surface area contributed by atoms with Crippen molar-refractivity contribution in [3.8, 4) is 0 Å². The summed E-state index contributed by atoms with van der Waals surface area (Å²) in [5, 5.41) is 19.8. The van der Waals surface area contributed by atoms with Crippen molar-refractivity contribution in [1.29, 1.82) is 0 Å². The number of nitrogens with zero attached hydrogens (tertiary/aromatic N) is 4. The van der Waals surface area contributed by atoms with Crippen LogP contribution >= 0.6 is 11.8 Å². The van der Waals surface area contributed by atoms with E-state index in [0.717, 1.165) is 5.16 Å². The van der Waals surface area contributed by atoms with E-state index in [0.29, 0.717) is 11.2 Å². The van der Waals surface area contributed by atoms with Crippen molar-refractivity contribution >= 4 is 22.9 Å². The molecule has 0 aliphatic carbocycles. The number of hydrogen-bond acceptors (Lipinski definition) is 7. The molecule has 7 nitrogen and oxygen atoms in total. The SMILES string of the molecule is OC[C@H]1O[C@@H]2[C@@H](Sc3nc4cncnc4n32)[C@@H]1O. The number of imidazole rings is 1. The second-order valence-corrected chi connectivity index (χ2v) is 5.46. The van der Waals surface area contributed by atoms with E-state index in [1.807, 2.05) is 4.57 Å². The topological polar surface area (TPSA) is 93.3 Å². The smallest absolute Gasteiger partial charge is 0.173 e. The highest BCUT2D eigenvalue weighted by atomic mass is 32.2. The van der Waals surface area contributed by atoms with Crippen LogP contribution in [-0.4, -0.2) is 53.8 Å². The Morgan fingerprint density at radius 2 is 2.39 bits per heavy atom. The summed E-state index contributed by atoms with van der Waals surface area (Å²) in [6.07, 6.45) is 1.56. The Labute approximate surface area is 106 Å². The fourth-order valence-corrected chi connectivity index (χ4v) is 3.78. The molecule has 1 fully saturated rings. The highest BCUT2D eigenvalue weighted by Gasteiger charge is 2.50. The van der Waals surface area contributed by atoms with E-state index in [2.05, 4.69) is 15.0 Å². The van der Waals surface area contributed by atoms with Crippen molar-refractivity contribution in [2.45, 2.75) is 28.8 Å².